The Morgan fingerprint density at radius 2 is 1.38 bits per heavy atom. The minimum Gasteiger partial charge on any atom is -0.368 e. The Labute approximate surface area is 154 Å². The molecule has 0 amide bonds. The number of aryl methyl sites for hydroxylation is 2. The molecule has 1 aromatic heterocycles. The second-order valence-corrected chi connectivity index (χ2v) is 6.72. The Bertz CT molecular complexity index is 869. The van der Waals surface area contributed by atoms with Gasteiger partial charge in [0, 0.05) is 37.4 Å². The van der Waals surface area contributed by atoms with Crippen LogP contribution in [0.3, 0.4) is 0 Å². The predicted octanol–water partition coefficient (Wildman–Crippen LogP) is 3.48. The largest absolute Gasteiger partial charge is 0.368 e. The van der Waals surface area contributed by atoms with E-state index in [9.17, 15) is 0 Å². The van der Waals surface area contributed by atoms with Gasteiger partial charge in [-0.3, -0.25) is 0 Å². The normalized spacial score (nSPS) is 14.5. The maximum Gasteiger partial charge on any atom is 0.183 e. The van der Waals surface area contributed by atoms with Crippen LogP contribution >= 0.6 is 0 Å². The molecular weight excluding hydrogens is 322 g/mol. The van der Waals surface area contributed by atoms with Crippen molar-refractivity contribution >= 4 is 11.5 Å². The summed E-state index contributed by atoms with van der Waals surface area (Å²) in [5.74, 6) is 1.64. The lowest BCUT2D eigenvalue weighted by Gasteiger charge is -2.37. The maximum absolute atomic E-state index is 4.83. The molecule has 0 spiro atoms. The van der Waals surface area contributed by atoms with Crippen molar-refractivity contribution in [2.24, 2.45) is 0 Å². The Morgan fingerprint density at radius 1 is 0.731 bits per heavy atom. The average molecular weight is 345 g/mol. The van der Waals surface area contributed by atoms with Crippen molar-refractivity contribution in [3.05, 3.63) is 65.9 Å². The summed E-state index contributed by atoms with van der Waals surface area (Å²) in [6.45, 7) is 7.89. The molecule has 1 saturated heterocycles. The lowest BCUT2D eigenvalue weighted by atomic mass is 10.1. The highest BCUT2D eigenvalue weighted by molar-refractivity contribution is 5.58. The van der Waals surface area contributed by atoms with Crippen molar-refractivity contribution in [1.82, 2.24) is 15.2 Å². The van der Waals surface area contributed by atoms with E-state index in [1.165, 1.54) is 11.3 Å². The van der Waals surface area contributed by atoms with Crippen molar-refractivity contribution in [3.8, 4) is 11.4 Å². The summed E-state index contributed by atoms with van der Waals surface area (Å²) in [5.41, 5.74) is 4.40. The average Bonchev–Trinajstić information content (AvgIpc) is 2.70. The van der Waals surface area contributed by atoms with E-state index in [1.807, 2.05) is 6.92 Å². The fourth-order valence-electron chi connectivity index (χ4n) is 3.31. The lowest BCUT2D eigenvalue weighted by Crippen LogP contribution is -2.47. The van der Waals surface area contributed by atoms with Gasteiger partial charge in [-0.2, -0.15) is 0 Å². The predicted molar refractivity (Wildman–Crippen MR) is 106 cm³/mol. The first kappa shape index (κ1) is 16.5. The molecule has 26 heavy (non-hydrogen) atoms. The number of hydrogen-bond acceptors (Lipinski definition) is 5. The standard InChI is InChI=1S/C21H23N5/c1-16-8-10-18(11-9-16)20-22-21(17(2)23-24-20)26-14-12-25(13-15-26)19-6-4-3-5-7-19/h3-11H,12-15H2,1-2H3. The van der Waals surface area contributed by atoms with Gasteiger partial charge in [0.2, 0.25) is 0 Å². The third-order valence-electron chi connectivity index (χ3n) is 4.84. The topological polar surface area (TPSA) is 45.2 Å². The molecule has 0 aliphatic carbocycles. The van der Waals surface area contributed by atoms with Gasteiger partial charge in [-0.15, -0.1) is 10.2 Å². The second kappa shape index (κ2) is 7.12. The monoisotopic (exact) mass is 345 g/mol. The summed E-state index contributed by atoms with van der Waals surface area (Å²) in [5, 5.41) is 8.66. The van der Waals surface area contributed by atoms with Crippen LogP contribution in [-0.4, -0.2) is 41.4 Å². The molecule has 1 fully saturated rings. The summed E-state index contributed by atoms with van der Waals surface area (Å²) in [6, 6.07) is 18.8. The van der Waals surface area contributed by atoms with Crippen molar-refractivity contribution in [3.63, 3.8) is 0 Å². The molecule has 132 valence electrons. The molecule has 0 unspecified atom stereocenters. The maximum atomic E-state index is 4.83. The number of benzene rings is 2. The van der Waals surface area contributed by atoms with Gasteiger partial charge >= 0.3 is 0 Å². The van der Waals surface area contributed by atoms with Crippen molar-refractivity contribution in [2.75, 3.05) is 36.0 Å². The minimum atomic E-state index is 0.691. The fourth-order valence-corrected chi connectivity index (χ4v) is 3.31. The van der Waals surface area contributed by atoms with Crippen molar-refractivity contribution in [2.45, 2.75) is 13.8 Å². The van der Waals surface area contributed by atoms with E-state index in [4.69, 9.17) is 4.98 Å². The molecule has 0 saturated carbocycles. The van der Waals surface area contributed by atoms with Gasteiger partial charge in [0.25, 0.3) is 0 Å². The van der Waals surface area contributed by atoms with E-state index in [-0.39, 0.29) is 0 Å². The SMILES string of the molecule is Cc1ccc(-c2nnc(C)c(N3CCN(c4ccccc4)CC3)n2)cc1. The number of para-hydroxylation sites is 1. The molecule has 0 N–H and O–H groups in total. The molecule has 2 heterocycles. The van der Waals surface area contributed by atoms with Crippen LogP contribution in [0, 0.1) is 13.8 Å². The number of piperazine rings is 1. The van der Waals surface area contributed by atoms with Gasteiger partial charge in [0.05, 0.1) is 0 Å². The third-order valence-corrected chi connectivity index (χ3v) is 4.84. The van der Waals surface area contributed by atoms with Crippen LogP contribution in [0.1, 0.15) is 11.3 Å². The molecule has 1 aliphatic rings. The number of aromatic nitrogens is 3. The Balaban J connectivity index is 1.53. The molecule has 0 radical (unpaired) electrons. The van der Waals surface area contributed by atoms with Crippen LogP contribution in [0.25, 0.3) is 11.4 Å². The summed E-state index contributed by atoms with van der Waals surface area (Å²) in [4.78, 5) is 9.57. The van der Waals surface area contributed by atoms with Crippen LogP contribution in [0.5, 0.6) is 0 Å². The minimum absolute atomic E-state index is 0.691. The zero-order valence-corrected chi connectivity index (χ0v) is 15.3. The first-order chi connectivity index (χ1) is 12.7. The number of anilines is 2. The summed E-state index contributed by atoms with van der Waals surface area (Å²) in [7, 11) is 0. The molecule has 4 rings (SSSR count). The summed E-state index contributed by atoms with van der Waals surface area (Å²) in [6.07, 6.45) is 0. The quantitative estimate of drug-likeness (QED) is 0.727. The van der Waals surface area contributed by atoms with Gasteiger partial charge < -0.3 is 9.80 Å². The number of hydrogen-bond donors (Lipinski definition) is 0. The van der Waals surface area contributed by atoms with Gasteiger partial charge in [-0.05, 0) is 26.0 Å². The van der Waals surface area contributed by atoms with Crippen LogP contribution in [0.2, 0.25) is 0 Å². The van der Waals surface area contributed by atoms with Crippen LogP contribution in [0.15, 0.2) is 54.6 Å². The van der Waals surface area contributed by atoms with E-state index in [0.29, 0.717) is 5.82 Å². The molecule has 5 nitrogen and oxygen atoms in total. The van der Waals surface area contributed by atoms with Gasteiger partial charge in [0.15, 0.2) is 11.6 Å². The number of nitrogens with zero attached hydrogens (tertiary/aromatic N) is 5. The first-order valence-electron chi connectivity index (χ1n) is 9.04. The zero-order valence-electron chi connectivity index (χ0n) is 15.3. The molecular formula is C21H23N5. The van der Waals surface area contributed by atoms with Crippen LogP contribution < -0.4 is 9.80 Å². The molecule has 5 heteroatoms. The molecule has 3 aromatic rings. The molecule has 0 bridgehead atoms. The Hall–Kier alpha value is -2.95. The van der Waals surface area contributed by atoms with E-state index in [1.54, 1.807) is 0 Å². The lowest BCUT2D eigenvalue weighted by molar-refractivity contribution is 0.642. The van der Waals surface area contributed by atoms with E-state index in [2.05, 4.69) is 81.5 Å². The Morgan fingerprint density at radius 3 is 2.08 bits per heavy atom. The smallest absolute Gasteiger partial charge is 0.183 e. The third kappa shape index (κ3) is 3.38. The number of rotatable bonds is 3. The van der Waals surface area contributed by atoms with Gasteiger partial charge in [0.1, 0.15) is 5.69 Å². The highest BCUT2D eigenvalue weighted by atomic mass is 15.3. The van der Waals surface area contributed by atoms with E-state index < -0.39 is 0 Å². The van der Waals surface area contributed by atoms with Gasteiger partial charge in [-0.25, -0.2) is 4.98 Å². The molecule has 1 aliphatic heterocycles. The Kier molecular flexibility index (Phi) is 4.52. The van der Waals surface area contributed by atoms with Crippen molar-refractivity contribution in [1.29, 1.82) is 0 Å². The van der Waals surface area contributed by atoms with Crippen LogP contribution in [0.4, 0.5) is 11.5 Å². The van der Waals surface area contributed by atoms with E-state index in [0.717, 1.165) is 43.3 Å². The molecule has 0 atom stereocenters. The highest BCUT2D eigenvalue weighted by Crippen LogP contribution is 2.23. The van der Waals surface area contributed by atoms with Crippen molar-refractivity contribution < 1.29 is 0 Å². The molecule has 2 aromatic carbocycles. The summed E-state index contributed by atoms with van der Waals surface area (Å²) >= 11 is 0. The first-order valence-corrected chi connectivity index (χ1v) is 9.04. The van der Waals surface area contributed by atoms with E-state index >= 15 is 0 Å². The fraction of sp³-hybridized carbons (Fsp3) is 0.286. The highest BCUT2D eigenvalue weighted by Gasteiger charge is 2.21. The zero-order chi connectivity index (χ0) is 17.9. The summed E-state index contributed by atoms with van der Waals surface area (Å²) < 4.78 is 0. The van der Waals surface area contributed by atoms with Crippen LogP contribution in [-0.2, 0) is 0 Å². The van der Waals surface area contributed by atoms with Gasteiger partial charge in [-0.1, -0.05) is 48.0 Å². The second-order valence-electron chi connectivity index (χ2n) is 6.72.